The molecule has 0 saturated heterocycles. The lowest BCUT2D eigenvalue weighted by molar-refractivity contribution is -0.644. The number of hydrogen-bond donors (Lipinski definition) is 1. The van der Waals surface area contributed by atoms with Crippen LogP contribution in [0, 0.1) is 10.1 Å². The molecule has 1 N–H and O–H groups in total. The van der Waals surface area contributed by atoms with Crippen molar-refractivity contribution >= 4 is 50.5 Å². The Balaban J connectivity index is 0.00000353. The van der Waals surface area contributed by atoms with Gasteiger partial charge in [-0.2, -0.15) is 0 Å². The van der Waals surface area contributed by atoms with Crippen molar-refractivity contribution in [2.75, 3.05) is 21.3 Å². The van der Waals surface area contributed by atoms with E-state index in [0.29, 0.717) is 28.6 Å². The van der Waals surface area contributed by atoms with E-state index in [0.717, 1.165) is 43.8 Å². The number of nitrogens with one attached hydrogen (secondary N) is 1. The molecule has 0 saturated carbocycles. The highest BCUT2D eigenvalue weighted by atomic mass is 127. The van der Waals surface area contributed by atoms with Crippen LogP contribution in [-0.4, -0.2) is 36.2 Å². The van der Waals surface area contributed by atoms with Crippen molar-refractivity contribution in [3.8, 4) is 28.5 Å². The quantitative estimate of drug-likeness (QED) is 0.121. The average Bonchev–Trinajstić information content (AvgIpc) is 3.37. The second kappa shape index (κ2) is 11.6. The van der Waals surface area contributed by atoms with Crippen molar-refractivity contribution in [3.05, 3.63) is 94.3 Å². The summed E-state index contributed by atoms with van der Waals surface area (Å²) >= 11 is 0. The summed E-state index contributed by atoms with van der Waals surface area (Å²) in [5.41, 5.74) is 5.75. The van der Waals surface area contributed by atoms with Gasteiger partial charge in [0.2, 0.25) is 11.3 Å². The van der Waals surface area contributed by atoms with E-state index < -0.39 is 0 Å². The Morgan fingerprint density at radius 2 is 1.62 bits per heavy atom. The van der Waals surface area contributed by atoms with Gasteiger partial charge in [0.25, 0.3) is 5.69 Å². The predicted octanol–water partition coefficient (Wildman–Crippen LogP) is 3.47. The van der Waals surface area contributed by atoms with Gasteiger partial charge in [0.05, 0.1) is 48.5 Å². The number of aryl methyl sites for hydroxylation is 1. The minimum atomic E-state index is -0.388. The Labute approximate surface area is 258 Å². The van der Waals surface area contributed by atoms with Gasteiger partial charge in [-0.05, 0) is 42.0 Å². The first-order valence-electron chi connectivity index (χ1n) is 12.9. The summed E-state index contributed by atoms with van der Waals surface area (Å²) in [6.45, 7) is 0. The van der Waals surface area contributed by atoms with Crippen LogP contribution < -0.4 is 42.8 Å². The van der Waals surface area contributed by atoms with Crippen LogP contribution in [0.1, 0.15) is 11.3 Å². The maximum Gasteiger partial charge on any atom is 0.270 e. The average molecular weight is 674 g/mol. The van der Waals surface area contributed by atoms with Crippen molar-refractivity contribution in [1.82, 2.24) is 9.97 Å². The van der Waals surface area contributed by atoms with Gasteiger partial charge in [-0.1, -0.05) is 18.2 Å². The minimum Gasteiger partial charge on any atom is -1.00 e. The number of fused-ring (bicyclic) bond motifs is 4. The van der Waals surface area contributed by atoms with Gasteiger partial charge in [0.1, 0.15) is 7.05 Å². The summed E-state index contributed by atoms with van der Waals surface area (Å²) in [7, 11) is 6.70. The van der Waals surface area contributed by atoms with Crippen LogP contribution in [0.5, 0.6) is 17.2 Å². The number of rotatable bonds is 7. The fraction of sp³-hybridized carbons (Fsp3) is 0.125. The maximum absolute atomic E-state index is 11.6. The maximum atomic E-state index is 11.6. The summed E-state index contributed by atoms with van der Waals surface area (Å²) in [4.78, 5) is 19.6. The topological polar surface area (TPSA) is 103 Å². The zero-order valence-electron chi connectivity index (χ0n) is 23.3. The minimum absolute atomic E-state index is 0. The van der Waals surface area contributed by atoms with E-state index in [1.165, 1.54) is 6.07 Å². The number of nitrogens with zero attached hydrogens (tertiary/aromatic N) is 3. The van der Waals surface area contributed by atoms with Crippen LogP contribution in [0.4, 0.5) is 5.69 Å². The van der Waals surface area contributed by atoms with E-state index in [-0.39, 0.29) is 34.6 Å². The molecule has 0 unspecified atom stereocenters. The summed E-state index contributed by atoms with van der Waals surface area (Å²) in [6.07, 6.45) is 6.02. The molecule has 42 heavy (non-hydrogen) atoms. The van der Waals surface area contributed by atoms with Crippen molar-refractivity contribution < 1.29 is 47.7 Å². The molecule has 9 nitrogen and oxygen atoms in total. The third-order valence-electron chi connectivity index (χ3n) is 7.25. The van der Waals surface area contributed by atoms with Crippen molar-refractivity contribution in [3.63, 3.8) is 0 Å². The number of hydrogen-bond acceptors (Lipinski definition) is 6. The number of pyridine rings is 2. The number of aromatic nitrogens is 3. The Morgan fingerprint density at radius 1 is 0.881 bits per heavy atom. The van der Waals surface area contributed by atoms with E-state index in [1.54, 1.807) is 33.5 Å². The molecule has 6 rings (SSSR count). The molecule has 0 bridgehead atoms. The number of nitro benzene ring substituents is 1. The van der Waals surface area contributed by atoms with Gasteiger partial charge in [-0.15, -0.1) is 0 Å². The summed E-state index contributed by atoms with van der Waals surface area (Å²) in [5, 5.41) is 14.2. The first-order chi connectivity index (χ1) is 19.9. The molecule has 3 aromatic heterocycles. The highest BCUT2D eigenvalue weighted by Crippen LogP contribution is 2.43. The third-order valence-corrected chi connectivity index (χ3v) is 7.25. The fourth-order valence-corrected chi connectivity index (χ4v) is 5.24. The van der Waals surface area contributed by atoms with Gasteiger partial charge >= 0.3 is 0 Å². The number of aromatic amines is 1. The number of halogens is 1. The van der Waals surface area contributed by atoms with Crippen LogP contribution in [0.25, 0.3) is 56.1 Å². The summed E-state index contributed by atoms with van der Waals surface area (Å²) in [6, 6.07) is 20.7. The second-order valence-corrected chi connectivity index (χ2v) is 9.58. The highest BCUT2D eigenvalue weighted by Gasteiger charge is 2.20. The molecule has 0 aliphatic carbocycles. The molecule has 10 heteroatoms. The molecule has 0 fully saturated rings. The number of nitro groups is 1. The number of non-ortho nitro benzene ring substituents is 1. The van der Waals surface area contributed by atoms with Crippen molar-refractivity contribution in [1.29, 1.82) is 0 Å². The van der Waals surface area contributed by atoms with Crippen LogP contribution in [-0.2, 0) is 7.05 Å². The Bertz CT molecular complexity index is 1990. The van der Waals surface area contributed by atoms with Crippen LogP contribution in [0.2, 0.25) is 0 Å². The number of benzene rings is 3. The molecule has 0 atom stereocenters. The summed E-state index contributed by atoms with van der Waals surface area (Å²) < 4.78 is 18.8. The van der Waals surface area contributed by atoms with Gasteiger partial charge in [-0.3, -0.25) is 10.1 Å². The Hall–Kier alpha value is -4.71. The Kier molecular flexibility index (Phi) is 7.99. The molecular weight excluding hydrogens is 647 g/mol. The van der Waals surface area contributed by atoms with E-state index in [9.17, 15) is 10.1 Å². The third kappa shape index (κ3) is 4.98. The van der Waals surface area contributed by atoms with Gasteiger partial charge < -0.3 is 43.2 Å². The van der Waals surface area contributed by atoms with Crippen LogP contribution in [0.15, 0.2) is 72.9 Å². The number of H-pyrrole nitrogens is 1. The van der Waals surface area contributed by atoms with Crippen molar-refractivity contribution in [2.24, 2.45) is 7.05 Å². The fourth-order valence-electron chi connectivity index (χ4n) is 5.24. The molecule has 212 valence electrons. The van der Waals surface area contributed by atoms with E-state index in [4.69, 9.17) is 19.2 Å². The highest BCUT2D eigenvalue weighted by molar-refractivity contribution is 6.12. The van der Waals surface area contributed by atoms with Gasteiger partial charge in [0.15, 0.2) is 17.7 Å². The zero-order chi connectivity index (χ0) is 28.7. The molecule has 6 aromatic rings. The lowest BCUT2D eigenvalue weighted by Gasteiger charge is -2.14. The van der Waals surface area contributed by atoms with Gasteiger partial charge in [0, 0.05) is 46.1 Å². The lowest BCUT2D eigenvalue weighted by atomic mass is 10.0. The largest absolute Gasteiger partial charge is 1.00 e. The predicted molar refractivity (Wildman–Crippen MR) is 159 cm³/mol. The lowest BCUT2D eigenvalue weighted by Crippen LogP contribution is -3.00. The second-order valence-electron chi connectivity index (χ2n) is 9.58. The first kappa shape index (κ1) is 28.8. The normalized spacial score (nSPS) is 11.2. The monoisotopic (exact) mass is 674 g/mol. The molecule has 0 spiro atoms. The molecule has 3 aromatic carbocycles. The van der Waals surface area contributed by atoms with Crippen LogP contribution in [0.3, 0.4) is 0 Å². The smallest absolute Gasteiger partial charge is 0.270 e. The van der Waals surface area contributed by atoms with E-state index in [1.807, 2.05) is 55.7 Å². The SMILES string of the molecule is COc1cc(-c2nc(/C=C/c3cc[n+](C)c4ccccc34)cc3c2[nH]c2ccc([N+](=O)[O-])cc23)cc(OC)c1OC.[I-]. The summed E-state index contributed by atoms with van der Waals surface area (Å²) in [5.74, 6) is 1.46. The molecule has 0 aliphatic heterocycles. The number of methoxy groups -OCH3 is 3. The first-order valence-corrected chi connectivity index (χ1v) is 12.9. The van der Waals surface area contributed by atoms with Crippen LogP contribution >= 0.6 is 0 Å². The molecule has 3 heterocycles. The molecule has 0 radical (unpaired) electrons. The Morgan fingerprint density at radius 3 is 2.31 bits per heavy atom. The standard InChI is InChI=1S/C32H26N4O5.HI/c1-35-14-13-19(23-7-5-6-8-27(23)35)9-10-21-17-25-24-18-22(36(37)38)11-12-26(24)34-31(25)30(33-21)20-15-28(39-2)32(41-4)29(16-20)40-3;/h5-18H,1-4H3;1H. The van der Waals surface area contributed by atoms with Crippen molar-refractivity contribution in [2.45, 2.75) is 0 Å². The van der Waals surface area contributed by atoms with Gasteiger partial charge in [-0.25, -0.2) is 9.55 Å². The molecule has 0 amide bonds. The zero-order valence-corrected chi connectivity index (χ0v) is 25.5. The van der Waals surface area contributed by atoms with E-state index in [2.05, 4.69) is 27.8 Å². The van der Waals surface area contributed by atoms with E-state index >= 15 is 0 Å². The molecule has 0 aliphatic rings. The number of ether oxygens (including phenoxy) is 3. The molecular formula is C32H27IN4O5. The number of para-hydroxylation sites is 1.